The second-order valence-electron chi connectivity index (χ2n) is 4.30. The van der Waals surface area contributed by atoms with Crippen molar-refractivity contribution in [3.63, 3.8) is 0 Å². The highest BCUT2D eigenvalue weighted by molar-refractivity contribution is 5.76. The number of hydrogen-bond donors (Lipinski definition) is 1. The second-order valence-corrected chi connectivity index (χ2v) is 4.30. The molecule has 1 aromatic rings. The van der Waals surface area contributed by atoms with Crippen molar-refractivity contribution in [1.82, 2.24) is 4.90 Å². The third kappa shape index (κ3) is 2.03. The van der Waals surface area contributed by atoms with Crippen molar-refractivity contribution in [1.29, 1.82) is 0 Å². The zero-order valence-corrected chi connectivity index (χ0v) is 9.70. The van der Waals surface area contributed by atoms with Crippen molar-refractivity contribution >= 4 is 11.6 Å². The fraction of sp³-hybridized carbons (Fsp3) is 0.462. The van der Waals surface area contributed by atoms with Gasteiger partial charge in [0.05, 0.1) is 0 Å². The molecular formula is C13H18N2O. The summed E-state index contributed by atoms with van der Waals surface area (Å²) in [6.45, 7) is 3.56. The fourth-order valence-corrected chi connectivity index (χ4v) is 2.22. The Balaban J connectivity index is 2.15. The number of nitrogens with two attached hydrogens (primary N) is 1. The lowest BCUT2D eigenvalue weighted by atomic mass is 9.98. The van der Waals surface area contributed by atoms with E-state index < -0.39 is 0 Å². The average Bonchev–Trinajstić information content (AvgIpc) is 2.29. The molecule has 1 aromatic carbocycles. The summed E-state index contributed by atoms with van der Waals surface area (Å²) in [5.74, 6) is 0.260. The first kappa shape index (κ1) is 11.0. The van der Waals surface area contributed by atoms with Crippen LogP contribution in [0.4, 0.5) is 5.69 Å². The van der Waals surface area contributed by atoms with Crippen LogP contribution in [0.25, 0.3) is 0 Å². The van der Waals surface area contributed by atoms with Gasteiger partial charge in [0.15, 0.2) is 0 Å². The van der Waals surface area contributed by atoms with Gasteiger partial charge in [-0.1, -0.05) is 19.1 Å². The molecule has 0 saturated heterocycles. The Morgan fingerprint density at radius 2 is 2.31 bits per heavy atom. The topological polar surface area (TPSA) is 46.3 Å². The van der Waals surface area contributed by atoms with Gasteiger partial charge in [0.25, 0.3) is 0 Å². The molecular weight excluding hydrogens is 200 g/mol. The number of anilines is 1. The first-order chi connectivity index (χ1) is 7.72. The molecule has 0 radical (unpaired) electrons. The van der Waals surface area contributed by atoms with Crippen LogP contribution in [0.15, 0.2) is 18.2 Å². The van der Waals surface area contributed by atoms with Gasteiger partial charge in [-0.25, -0.2) is 0 Å². The Morgan fingerprint density at radius 3 is 3.06 bits per heavy atom. The molecule has 16 heavy (non-hydrogen) atoms. The van der Waals surface area contributed by atoms with E-state index in [1.54, 1.807) is 0 Å². The van der Waals surface area contributed by atoms with Crippen LogP contribution in [-0.2, 0) is 17.8 Å². The molecule has 1 heterocycles. The van der Waals surface area contributed by atoms with E-state index in [-0.39, 0.29) is 5.91 Å². The Kier molecular flexibility index (Phi) is 3.13. The number of carbonyl (C=O) groups excluding carboxylic acids is 1. The molecule has 86 valence electrons. The first-order valence-electron chi connectivity index (χ1n) is 5.86. The highest BCUT2D eigenvalue weighted by atomic mass is 16.2. The van der Waals surface area contributed by atoms with Crippen LogP contribution >= 0.6 is 0 Å². The molecule has 0 aromatic heterocycles. The lowest BCUT2D eigenvalue weighted by Crippen LogP contribution is -2.36. The van der Waals surface area contributed by atoms with Gasteiger partial charge in [-0.3, -0.25) is 4.79 Å². The van der Waals surface area contributed by atoms with Crippen molar-refractivity contribution in [2.45, 2.75) is 32.7 Å². The van der Waals surface area contributed by atoms with Crippen molar-refractivity contribution in [3.8, 4) is 0 Å². The highest BCUT2D eigenvalue weighted by Gasteiger charge is 2.20. The summed E-state index contributed by atoms with van der Waals surface area (Å²) in [4.78, 5) is 13.7. The van der Waals surface area contributed by atoms with Crippen molar-refractivity contribution in [3.05, 3.63) is 29.3 Å². The van der Waals surface area contributed by atoms with Crippen LogP contribution in [0.2, 0.25) is 0 Å². The molecule has 2 rings (SSSR count). The monoisotopic (exact) mass is 218 g/mol. The molecule has 1 aliphatic rings. The summed E-state index contributed by atoms with van der Waals surface area (Å²) >= 11 is 0. The summed E-state index contributed by atoms with van der Waals surface area (Å²) in [6, 6.07) is 5.96. The Hall–Kier alpha value is -1.51. The average molecular weight is 218 g/mol. The van der Waals surface area contributed by atoms with Gasteiger partial charge in [-0.15, -0.1) is 0 Å². The van der Waals surface area contributed by atoms with Crippen LogP contribution in [0.3, 0.4) is 0 Å². The van der Waals surface area contributed by atoms with E-state index in [0.717, 1.165) is 31.6 Å². The molecule has 0 spiro atoms. The number of fused-ring (bicyclic) bond motifs is 1. The summed E-state index contributed by atoms with van der Waals surface area (Å²) in [5.41, 5.74) is 9.21. The molecule has 1 aliphatic heterocycles. The predicted molar refractivity (Wildman–Crippen MR) is 64.9 cm³/mol. The van der Waals surface area contributed by atoms with Crippen LogP contribution < -0.4 is 5.73 Å². The Labute approximate surface area is 96.2 Å². The van der Waals surface area contributed by atoms with Crippen molar-refractivity contribution in [2.75, 3.05) is 12.3 Å². The smallest absolute Gasteiger partial charge is 0.222 e. The molecule has 0 unspecified atom stereocenters. The number of nitrogens with zero attached hydrogens (tertiary/aromatic N) is 1. The zero-order valence-electron chi connectivity index (χ0n) is 9.70. The minimum atomic E-state index is 0.260. The van der Waals surface area contributed by atoms with Gasteiger partial charge in [0, 0.05) is 25.2 Å². The molecule has 0 aliphatic carbocycles. The number of hydrogen-bond acceptors (Lipinski definition) is 2. The SMILES string of the molecule is CCCC(=O)N1CCc2c(N)cccc2C1. The lowest BCUT2D eigenvalue weighted by Gasteiger charge is -2.29. The molecule has 1 amide bonds. The quantitative estimate of drug-likeness (QED) is 0.771. The molecule has 0 bridgehead atoms. The maximum Gasteiger partial charge on any atom is 0.222 e. The van der Waals surface area contributed by atoms with E-state index in [1.807, 2.05) is 24.0 Å². The van der Waals surface area contributed by atoms with Crippen molar-refractivity contribution in [2.24, 2.45) is 0 Å². The van der Waals surface area contributed by atoms with E-state index in [2.05, 4.69) is 6.07 Å². The predicted octanol–water partition coefficient (Wildman–Crippen LogP) is 1.95. The van der Waals surface area contributed by atoms with Gasteiger partial charge in [0.1, 0.15) is 0 Å². The zero-order chi connectivity index (χ0) is 11.5. The highest BCUT2D eigenvalue weighted by Crippen LogP contribution is 2.24. The molecule has 2 N–H and O–H groups in total. The minimum absolute atomic E-state index is 0.260. The number of rotatable bonds is 2. The van der Waals surface area contributed by atoms with Gasteiger partial charge in [-0.05, 0) is 30.0 Å². The molecule has 3 nitrogen and oxygen atoms in total. The van der Waals surface area contributed by atoms with Gasteiger partial charge in [-0.2, -0.15) is 0 Å². The maximum absolute atomic E-state index is 11.8. The van der Waals surface area contributed by atoms with E-state index >= 15 is 0 Å². The molecule has 0 saturated carbocycles. The lowest BCUT2D eigenvalue weighted by molar-refractivity contribution is -0.132. The van der Waals surface area contributed by atoms with Crippen LogP contribution in [-0.4, -0.2) is 17.4 Å². The molecule has 0 fully saturated rings. The van der Waals surface area contributed by atoms with Crippen LogP contribution in [0.5, 0.6) is 0 Å². The summed E-state index contributed by atoms with van der Waals surface area (Å²) in [7, 11) is 0. The van der Waals surface area contributed by atoms with E-state index in [9.17, 15) is 4.79 Å². The number of carbonyl (C=O) groups is 1. The molecule has 3 heteroatoms. The normalized spacial score (nSPS) is 14.7. The van der Waals surface area contributed by atoms with Gasteiger partial charge < -0.3 is 10.6 Å². The van der Waals surface area contributed by atoms with Crippen molar-refractivity contribution < 1.29 is 4.79 Å². The number of amides is 1. The van der Waals surface area contributed by atoms with E-state index in [0.29, 0.717) is 6.42 Å². The Morgan fingerprint density at radius 1 is 1.50 bits per heavy atom. The number of benzene rings is 1. The van der Waals surface area contributed by atoms with Gasteiger partial charge in [0.2, 0.25) is 5.91 Å². The third-order valence-electron chi connectivity index (χ3n) is 3.12. The van der Waals surface area contributed by atoms with Crippen LogP contribution in [0.1, 0.15) is 30.9 Å². The van der Waals surface area contributed by atoms with E-state index in [1.165, 1.54) is 11.1 Å². The summed E-state index contributed by atoms with van der Waals surface area (Å²) in [5, 5.41) is 0. The standard InChI is InChI=1S/C13H18N2O/c1-2-4-13(16)15-8-7-11-10(9-15)5-3-6-12(11)14/h3,5-6H,2,4,7-9,14H2,1H3. The fourth-order valence-electron chi connectivity index (χ4n) is 2.22. The largest absolute Gasteiger partial charge is 0.398 e. The second kappa shape index (κ2) is 4.56. The van der Waals surface area contributed by atoms with E-state index in [4.69, 9.17) is 5.73 Å². The first-order valence-corrected chi connectivity index (χ1v) is 5.86. The number of nitrogen functional groups attached to an aromatic ring is 1. The Bertz CT molecular complexity index is 401. The summed E-state index contributed by atoms with van der Waals surface area (Å²) < 4.78 is 0. The maximum atomic E-state index is 11.8. The summed E-state index contributed by atoms with van der Waals surface area (Å²) in [6.07, 6.45) is 2.45. The molecule has 0 atom stereocenters. The third-order valence-corrected chi connectivity index (χ3v) is 3.12. The van der Waals surface area contributed by atoms with Gasteiger partial charge >= 0.3 is 0 Å². The minimum Gasteiger partial charge on any atom is -0.398 e. The van der Waals surface area contributed by atoms with Crippen LogP contribution in [0, 0.1) is 0 Å².